The average Bonchev–Trinajstić information content (AvgIpc) is 3.40. The SMILES string of the molecule is CCC1=Cc2ccccc2[CH]1[Zr]([CH]1C(C)=Cc2c(-c3ccccc3)cccc21)[GeH]([CH2]C)[CH2]C. The molecule has 5 rings (SSSR count). The Hall–Kier alpha value is -1.43. The minimum absolute atomic E-state index is 0.752. The summed E-state index contributed by atoms with van der Waals surface area (Å²) in [6.45, 7) is 9.91. The first-order chi connectivity index (χ1) is 16.2. The van der Waals surface area contributed by atoms with Crippen LogP contribution in [0.3, 0.4) is 0 Å². The second-order valence-electron chi connectivity index (χ2n) is 9.64. The van der Waals surface area contributed by atoms with Gasteiger partial charge in [-0.1, -0.05) is 0 Å². The number of benzene rings is 3. The van der Waals surface area contributed by atoms with Gasteiger partial charge in [-0.25, -0.2) is 0 Å². The summed E-state index contributed by atoms with van der Waals surface area (Å²) in [5.74, 6) is 0. The Morgan fingerprint density at radius 3 is 2.15 bits per heavy atom. The fraction of sp³-hybridized carbons (Fsp3) is 0.290. The van der Waals surface area contributed by atoms with E-state index in [-0.39, 0.29) is 0 Å². The Balaban J connectivity index is 1.67. The third-order valence-electron chi connectivity index (χ3n) is 7.91. The molecule has 0 aliphatic heterocycles. The monoisotopic (exact) mass is 571 g/mol. The van der Waals surface area contributed by atoms with Crippen molar-refractivity contribution in [3.8, 4) is 11.1 Å². The molecule has 2 heteroatoms. The van der Waals surface area contributed by atoms with E-state index >= 15 is 0 Å². The average molecular weight is 571 g/mol. The minimum atomic E-state index is -1.91. The van der Waals surface area contributed by atoms with Crippen LogP contribution in [0.4, 0.5) is 0 Å². The molecule has 0 fully saturated rings. The van der Waals surface area contributed by atoms with Gasteiger partial charge in [-0.05, 0) is 0 Å². The van der Waals surface area contributed by atoms with Crippen molar-refractivity contribution in [2.24, 2.45) is 0 Å². The van der Waals surface area contributed by atoms with Crippen molar-refractivity contribution >= 4 is 22.7 Å². The van der Waals surface area contributed by atoms with Crippen molar-refractivity contribution < 1.29 is 19.2 Å². The van der Waals surface area contributed by atoms with E-state index < -0.39 is 29.8 Å². The summed E-state index contributed by atoms with van der Waals surface area (Å²) < 4.78 is 1.54. The van der Waals surface area contributed by atoms with Gasteiger partial charge in [-0.3, -0.25) is 0 Å². The van der Waals surface area contributed by atoms with Gasteiger partial charge in [-0.15, -0.1) is 0 Å². The van der Waals surface area contributed by atoms with E-state index in [2.05, 4.69) is 113 Å². The van der Waals surface area contributed by atoms with E-state index in [0.29, 0.717) is 0 Å². The molecule has 3 aromatic carbocycles. The van der Waals surface area contributed by atoms with Crippen LogP contribution >= 0.6 is 0 Å². The molecule has 0 saturated carbocycles. The van der Waals surface area contributed by atoms with E-state index in [1.165, 1.54) is 39.2 Å². The number of allylic oxidation sites excluding steroid dienone is 2. The van der Waals surface area contributed by atoms with Crippen molar-refractivity contribution in [2.45, 2.75) is 51.9 Å². The molecule has 0 spiro atoms. The molecule has 0 bridgehead atoms. The summed E-state index contributed by atoms with van der Waals surface area (Å²) in [6, 6.07) is 27.5. The second-order valence-corrected chi connectivity index (χ2v) is 40.0. The fourth-order valence-electron chi connectivity index (χ4n) is 6.35. The van der Waals surface area contributed by atoms with Crippen molar-refractivity contribution in [1.82, 2.24) is 0 Å². The molecule has 0 heterocycles. The van der Waals surface area contributed by atoms with Crippen LogP contribution in [0.15, 0.2) is 83.9 Å². The van der Waals surface area contributed by atoms with Crippen LogP contribution in [0.2, 0.25) is 10.5 Å². The molecule has 2 unspecified atom stereocenters. The first kappa shape index (κ1) is 23.3. The second kappa shape index (κ2) is 10.0. The molecule has 2 atom stereocenters. The maximum absolute atomic E-state index is 2.57. The Morgan fingerprint density at radius 1 is 0.727 bits per heavy atom. The van der Waals surface area contributed by atoms with Gasteiger partial charge in [0.05, 0.1) is 0 Å². The first-order valence-corrected chi connectivity index (χ1v) is 27.5. The number of rotatable bonds is 7. The summed E-state index contributed by atoms with van der Waals surface area (Å²) in [5, 5.41) is 3.01. The molecule has 3 aromatic rings. The van der Waals surface area contributed by atoms with Crippen LogP contribution in [0.25, 0.3) is 23.3 Å². The standard InChI is InChI=1S/C16H13.C11H11.C4H11Ge.Zr/c1-12-10-14-8-5-9-15(16(14)11-12)13-6-3-2-4-7-13;1-2-9-7-10-5-3-4-6-11(10)8-9;1-3-5-4-2;/h2-11H,1H3;3-8H,2H2,1H3;5H,3-4H2,1-2H3;. The molecule has 33 heavy (non-hydrogen) atoms. The number of fused-ring (bicyclic) bond motifs is 2. The van der Waals surface area contributed by atoms with Crippen LogP contribution in [0.5, 0.6) is 0 Å². The molecule has 0 amide bonds. The normalized spacial score (nSPS) is 18.7. The molecular formula is C31H35GeZr. The zero-order valence-electron chi connectivity index (χ0n) is 20.4. The molecule has 2 aliphatic rings. The van der Waals surface area contributed by atoms with Crippen LogP contribution in [0.1, 0.15) is 63.6 Å². The van der Waals surface area contributed by atoms with E-state index in [4.69, 9.17) is 0 Å². The molecule has 0 N–H and O–H groups in total. The molecule has 0 radical (unpaired) electrons. The summed E-state index contributed by atoms with van der Waals surface area (Å²) in [6.07, 6.45) is 6.35. The maximum atomic E-state index is 2.57. The van der Waals surface area contributed by atoms with Gasteiger partial charge in [0.15, 0.2) is 0 Å². The third-order valence-corrected chi connectivity index (χ3v) is 51.6. The van der Waals surface area contributed by atoms with Gasteiger partial charge >= 0.3 is 211 Å². The number of hydrogen-bond acceptors (Lipinski definition) is 0. The van der Waals surface area contributed by atoms with Gasteiger partial charge in [-0.2, -0.15) is 0 Å². The molecule has 0 saturated heterocycles. The van der Waals surface area contributed by atoms with Gasteiger partial charge in [0.2, 0.25) is 0 Å². The third kappa shape index (κ3) is 4.15. The van der Waals surface area contributed by atoms with Crippen LogP contribution < -0.4 is 0 Å². The predicted molar refractivity (Wildman–Crippen MR) is 144 cm³/mol. The van der Waals surface area contributed by atoms with E-state index in [1.807, 2.05) is 0 Å². The van der Waals surface area contributed by atoms with Crippen LogP contribution in [-0.2, 0) is 19.2 Å². The van der Waals surface area contributed by atoms with Gasteiger partial charge in [0.1, 0.15) is 0 Å². The van der Waals surface area contributed by atoms with Gasteiger partial charge < -0.3 is 0 Å². The molecule has 167 valence electrons. The topological polar surface area (TPSA) is 0 Å². The molecule has 0 nitrogen and oxygen atoms in total. The van der Waals surface area contributed by atoms with Crippen LogP contribution in [0, 0.1) is 0 Å². The predicted octanol–water partition coefficient (Wildman–Crippen LogP) is 8.74. The van der Waals surface area contributed by atoms with Crippen LogP contribution in [-0.4, -0.2) is 10.6 Å². The zero-order chi connectivity index (χ0) is 22.9. The number of hydrogen-bond donors (Lipinski definition) is 0. The van der Waals surface area contributed by atoms with Crippen molar-refractivity contribution in [3.63, 3.8) is 0 Å². The summed E-state index contributed by atoms with van der Waals surface area (Å²) in [4.78, 5) is 0. The summed E-state index contributed by atoms with van der Waals surface area (Å²) in [7, 11) is -1.39. The van der Waals surface area contributed by atoms with E-state index in [1.54, 1.807) is 22.3 Å². The Morgan fingerprint density at radius 2 is 1.42 bits per heavy atom. The van der Waals surface area contributed by atoms with Crippen molar-refractivity contribution in [2.75, 3.05) is 0 Å². The Kier molecular flexibility index (Phi) is 7.10. The van der Waals surface area contributed by atoms with E-state index in [0.717, 1.165) is 7.25 Å². The summed E-state index contributed by atoms with van der Waals surface area (Å²) in [5.41, 5.74) is 12.6. The van der Waals surface area contributed by atoms with Crippen molar-refractivity contribution in [1.29, 1.82) is 0 Å². The van der Waals surface area contributed by atoms with Gasteiger partial charge in [0.25, 0.3) is 0 Å². The Labute approximate surface area is 209 Å². The van der Waals surface area contributed by atoms with Gasteiger partial charge in [0, 0.05) is 0 Å². The quantitative estimate of drug-likeness (QED) is 0.249. The molecule has 2 aliphatic carbocycles. The zero-order valence-corrected chi connectivity index (χ0v) is 25.3. The summed E-state index contributed by atoms with van der Waals surface area (Å²) >= 11 is -1.91. The molecule has 0 aromatic heterocycles. The fourth-order valence-corrected chi connectivity index (χ4v) is 53.1. The first-order valence-electron chi connectivity index (χ1n) is 12.7. The molecular weight excluding hydrogens is 536 g/mol. The van der Waals surface area contributed by atoms with E-state index in [9.17, 15) is 0 Å². The van der Waals surface area contributed by atoms with Crippen molar-refractivity contribution in [3.05, 3.63) is 106 Å². The Bertz CT molecular complexity index is 1200.